The molecule has 2 aliphatic rings. The third kappa shape index (κ3) is 3.96. The minimum atomic E-state index is -0.188. The highest BCUT2D eigenvalue weighted by Crippen LogP contribution is 2.21. The standard InChI is InChI=1S/C16H24N4O2/c1-12-11-20(9-10-22-12)8-7-17-16(21)19-15-6-5-13-3-2-4-14(13)18-15/h5-6,12H,2-4,7-11H2,1H3,(H2,17,18,19,21). The number of carbonyl (C=O) groups excluding carboxylic acids is 1. The van der Waals surface area contributed by atoms with Crippen LogP contribution in [0.15, 0.2) is 12.1 Å². The van der Waals surface area contributed by atoms with E-state index < -0.39 is 0 Å². The van der Waals surface area contributed by atoms with Crippen molar-refractivity contribution in [3.63, 3.8) is 0 Å². The number of urea groups is 1. The van der Waals surface area contributed by atoms with Crippen LogP contribution in [0.3, 0.4) is 0 Å². The molecule has 2 heterocycles. The van der Waals surface area contributed by atoms with E-state index in [-0.39, 0.29) is 12.1 Å². The second kappa shape index (κ2) is 7.07. The summed E-state index contributed by atoms with van der Waals surface area (Å²) in [6.45, 7) is 6.18. The van der Waals surface area contributed by atoms with E-state index in [4.69, 9.17) is 4.74 Å². The molecule has 6 heteroatoms. The fourth-order valence-corrected chi connectivity index (χ4v) is 3.07. The van der Waals surface area contributed by atoms with E-state index in [1.165, 1.54) is 5.56 Å². The highest BCUT2D eigenvalue weighted by Gasteiger charge is 2.16. The summed E-state index contributed by atoms with van der Waals surface area (Å²) >= 11 is 0. The van der Waals surface area contributed by atoms with Gasteiger partial charge in [-0.1, -0.05) is 6.07 Å². The summed E-state index contributed by atoms with van der Waals surface area (Å²) in [4.78, 5) is 18.7. The number of anilines is 1. The first-order valence-electron chi connectivity index (χ1n) is 8.08. The number of amides is 2. The lowest BCUT2D eigenvalue weighted by molar-refractivity contribution is -0.0174. The summed E-state index contributed by atoms with van der Waals surface area (Å²) in [5, 5.41) is 5.70. The third-order valence-electron chi connectivity index (χ3n) is 4.21. The summed E-state index contributed by atoms with van der Waals surface area (Å²) in [7, 11) is 0. The van der Waals surface area contributed by atoms with Crippen LogP contribution in [0.5, 0.6) is 0 Å². The van der Waals surface area contributed by atoms with Crippen molar-refractivity contribution in [3.05, 3.63) is 23.4 Å². The summed E-state index contributed by atoms with van der Waals surface area (Å²) in [6, 6.07) is 3.76. The van der Waals surface area contributed by atoms with Gasteiger partial charge in [0.25, 0.3) is 0 Å². The Labute approximate surface area is 131 Å². The SMILES string of the molecule is CC1CN(CCNC(=O)Nc2ccc3c(n2)CCC3)CCO1. The maximum atomic E-state index is 11.9. The molecule has 0 bridgehead atoms. The van der Waals surface area contributed by atoms with Gasteiger partial charge in [0.2, 0.25) is 0 Å². The average molecular weight is 304 g/mol. The number of pyridine rings is 1. The molecular weight excluding hydrogens is 280 g/mol. The van der Waals surface area contributed by atoms with Crippen molar-refractivity contribution in [2.75, 3.05) is 38.1 Å². The normalized spacial score (nSPS) is 21.4. The van der Waals surface area contributed by atoms with Gasteiger partial charge < -0.3 is 10.1 Å². The molecule has 2 N–H and O–H groups in total. The molecule has 120 valence electrons. The number of aromatic nitrogens is 1. The van der Waals surface area contributed by atoms with Gasteiger partial charge in [0.05, 0.1) is 12.7 Å². The van der Waals surface area contributed by atoms with Crippen LogP contribution in [0.1, 0.15) is 24.6 Å². The number of hydrogen-bond donors (Lipinski definition) is 2. The summed E-state index contributed by atoms with van der Waals surface area (Å²) in [6.07, 6.45) is 3.56. The lowest BCUT2D eigenvalue weighted by Crippen LogP contribution is -2.45. The topological polar surface area (TPSA) is 66.5 Å². The molecule has 1 atom stereocenters. The van der Waals surface area contributed by atoms with Gasteiger partial charge >= 0.3 is 6.03 Å². The lowest BCUT2D eigenvalue weighted by atomic mass is 10.2. The number of rotatable bonds is 4. The number of aryl methyl sites for hydroxylation is 2. The van der Waals surface area contributed by atoms with Gasteiger partial charge in [-0.25, -0.2) is 9.78 Å². The van der Waals surface area contributed by atoms with Crippen LogP contribution in [0, 0.1) is 0 Å². The van der Waals surface area contributed by atoms with Crippen molar-refractivity contribution in [3.8, 4) is 0 Å². The monoisotopic (exact) mass is 304 g/mol. The molecule has 2 amide bonds. The van der Waals surface area contributed by atoms with Gasteiger partial charge in [-0.15, -0.1) is 0 Å². The van der Waals surface area contributed by atoms with Crippen molar-refractivity contribution < 1.29 is 9.53 Å². The molecule has 22 heavy (non-hydrogen) atoms. The Bertz CT molecular complexity index is 535. The number of fused-ring (bicyclic) bond motifs is 1. The summed E-state index contributed by atoms with van der Waals surface area (Å²) in [5.41, 5.74) is 2.44. The fourth-order valence-electron chi connectivity index (χ4n) is 3.07. The van der Waals surface area contributed by atoms with Crippen LogP contribution in [0.2, 0.25) is 0 Å². The number of ether oxygens (including phenoxy) is 1. The largest absolute Gasteiger partial charge is 0.376 e. The Morgan fingerprint density at radius 3 is 3.23 bits per heavy atom. The number of hydrogen-bond acceptors (Lipinski definition) is 4. The van der Waals surface area contributed by atoms with Crippen molar-refractivity contribution in [2.45, 2.75) is 32.3 Å². The Hall–Kier alpha value is -1.66. The molecule has 1 aromatic rings. The van der Waals surface area contributed by atoms with E-state index in [0.717, 1.165) is 51.2 Å². The van der Waals surface area contributed by atoms with Gasteiger partial charge in [0.1, 0.15) is 5.82 Å². The molecule has 0 radical (unpaired) electrons. The highest BCUT2D eigenvalue weighted by atomic mass is 16.5. The quantitative estimate of drug-likeness (QED) is 0.883. The molecule has 6 nitrogen and oxygen atoms in total. The molecule has 1 fully saturated rings. The van der Waals surface area contributed by atoms with Gasteiger partial charge in [0.15, 0.2) is 0 Å². The molecular formula is C16H24N4O2. The number of nitrogens with zero attached hydrogens (tertiary/aromatic N) is 2. The minimum Gasteiger partial charge on any atom is -0.376 e. The summed E-state index contributed by atoms with van der Waals surface area (Å²) in [5.74, 6) is 0.637. The van der Waals surface area contributed by atoms with Crippen LogP contribution in [0.4, 0.5) is 10.6 Å². The number of carbonyl (C=O) groups is 1. The van der Waals surface area contributed by atoms with Crippen molar-refractivity contribution in [1.29, 1.82) is 0 Å². The molecule has 1 saturated heterocycles. The van der Waals surface area contributed by atoms with Crippen LogP contribution < -0.4 is 10.6 Å². The molecule has 1 aromatic heterocycles. The molecule has 1 aliphatic carbocycles. The molecule has 1 unspecified atom stereocenters. The highest BCUT2D eigenvalue weighted by molar-refractivity contribution is 5.88. The number of morpholine rings is 1. The Morgan fingerprint density at radius 1 is 1.45 bits per heavy atom. The van der Waals surface area contributed by atoms with Crippen LogP contribution in [0.25, 0.3) is 0 Å². The van der Waals surface area contributed by atoms with Crippen LogP contribution >= 0.6 is 0 Å². The van der Waals surface area contributed by atoms with E-state index >= 15 is 0 Å². The van der Waals surface area contributed by atoms with E-state index in [9.17, 15) is 4.79 Å². The second-order valence-corrected chi connectivity index (χ2v) is 6.02. The molecule has 0 spiro atoms. The molecule has 0 aromatic carbocycles. The van der Waals surface area contributed by atoms with Crippen molar-refractivity contribution in [2.24, 2.45) is 0 Å². The van der Waals surface area contributed by atoms with E-state index in [1.807, 2.05) is 6.07 Å². The van der Waals surface area contributed by atoms with Crippen LogP contribution in [-0.4, -0.2) is 54.8 Å². The first-order chi connectivity index (χ1) is 10.7. The predicted molar refractivity (Wildman–Crippen MR) is 85.1 cm³/mol. The Morgan fingerprint density at radius 2 is 2.36 bits per heavy atom. The smallest absolute Gasteiger partial charge is 0.320 e. The predicted octanol–water partition coefficient (Wildman–Crippen LogP) is 1.41. The first kappa shape index (κ1) is 15.2. The van der Waals surface area contributed by atoms with Gasteiger partial charge in [0, 0.05) is 31.9 Å². The maximum Gasteiger partial charge on any atom is 0.320 e. The van der Waals surface area contributed by atoms with Gasteiger partial charge in [-0.05, 0) is 37.8 Å². The van der Waals surface area contributed by atoms with Gasteiger partial charge in [-0.3, -0.25) is 10.2 Å². The van der Waals surface area contributed by atoms with Crippen molar-refractivity contribution >= 4 is 11.8 Å². The van der Waals surface area contributed by atoms with Gasteiger partial charge in [-0.2, -0.15) is 0 Å². The first-order valence-corrected chi connectivity index (χ1v) is 8.08. The third-order valence-corrected chi connectivity index (χ3v) is 4.21. The van der Waals surface area contributed by atoms with E-state index in [2.05, 4.69) is 33.5 Å². The summed E-state index contributed by atoms with van der Waals surface area (Å²) < 4.78 is 5.50. The van der Waals surface area contributed by atoms with E-state index in [1.54, 1.807) is 0 Å². The average Bonchev–Trinajstić information content (AvgIpc) is 2.95. The minimum absolute atomic E-state index is 0.188. The molecule has 1 aliphatic heterocycles. The molecule has 0 saturated carbocycles. The second-order valence-electron chi connectivity index (χ2n) is 6.02. The fraction of sp³-hybridized carbons (Fsp3) is 0.625. The Balaban J connectivity index is 1.41. The molecule has 3 rings (SSSR count). The zero-order valence-corrected chi connectivity index (χ0v) is 13.1. The van der Waals surface area contributed by atoms with E-state index in [0.29, 0.717) is 12.4 Å². The Kier molecular flexibility index (Phi) is 4.90. The van der Waals surface area contributed by atoms with Crippen LogP contribution in [-0.2, 0) is 17.6 Å². The maximum absolute atomic E-state index is 11.9. The zero-order valence-electron chi connectivity index (χ0n) is 13.1. The van der Waals surface area contributed by atoms with Crippen molar-refractivity contribution in [1.82, 2.24) is 15.2 Å². The number of nitrogens with one attached hydrogen (secondary N) is 2. The lowest BCUT2D eigenvalue weighted by Gasteiger charge is -2.30. The zero-order chi connectivity index (χ0) is 15.4.